The molecule has 2 aromatic carbocycles. The molecule has 0 N–H and O–H groups in total. The van der Waals surface area contributed by atoms with Gasteiger partial charge in [0.05, 0.1) is 34.0 Å². The number of sulfone groups is 1. The van der Waals surface area contributed by atoms with E-state index in [-0.39, 0.29) is 35.9 Å². The highest BCUT2D eigenvalue weighted by Crippen LogP contribution is 2.39. The van der Waals surface area contributed by atoms with Crippen LogP contribution in [0.2, 0.25) is 5.02 Å². The zero-order valence-electron chi connectivity index (χ0n) is 18.6. The molecule has 7 nitrogen and oxygen atoms in total. The average Bonchev–Trinajstić information content (AvgIpc) is 3.30. The second-order valence-corrected chi connectivity index (χ2v) is 11.1. The molecule has 0 aliphatic heterocycles. The zero-order valence-corrected chi connectivity index (χ0v) is 21.0. The summed E-state index contributed by atoms with van der Waals surface area (Å²) in [5.41, 5.74) is 1.33. The predicted molar refractivity (Wildman–Crippen MR) is 134 cm³/mol. The monoisotopic (exact) mass is 533 g/mol. The van der Waals surface area contributed by atoms with Gasteiger partial charge < -0.3 is 4.74 Å². The molecule has 0 fully saturated rings. The van der Waals surface area contributed by atoms with Crippen molar-refractivity contribution in [1.82, 2.24) is 9.97 Å². The lowest BCUT2D eigenvalue weighted by Crippen LogP contribution is -2.30. The first-order valence-corrected chi connectivity index (χ1v) is 13.4. The number of hydrogen-bond acceptors (Lipinski definition) is 7. The molecular weight excluding hydrogens is 513 g/mol. The Balaban J connectivity index is 1.57. The van der Waals surface area contributed by atoms with Crippen LogP contribution in [0.5, 0.6) is 5.75 Å². The van der Waals surface area contributed by atoms with Gasteiger partial charge in [-0.15, -0.1) is 0 Å². The number of anilines is 1. The number of thiazole rings is 1. The van der Waals surface area contributed by atoms with E-state index < -0.39 is 15.7 Å². The van der Waals surface area contributed by atoms with Crippen molar-refractivity contribution in [3.05, 3.63) is 77.3 Å². The maximum atomic E-state index is 13.3. The van der Waals surface area contributed by atoms with Crippen LogP contribution in [-0.2, 0) is 21.2 Å². The quantitative estimate of drug-likeness (QED) is 0.272. The molecule has 11 heteroatoms. The fourth-order valence-electron chi connectivity index (χ4n) is 3.47. The lowest BCUT2D eigenvalue weighted by molar-refractivity contribution is -0.118. The van der Waals surface area contributed by atoms with Gasteiger partial charge in [-0.1, -0.05) is 29.0 Å². The maximum Gasteiger partial charge on any atom is 0.229 e. The summed E-state index contributed by atoms with van der Waals surface area (Å²) in [5, 5.41) is 0.908. The van der Waals surface area contributed by atoms with Crippen molar-refractivity contribution >= 4 is 54.0 Å². The second-order valence-electron chi connectivity index (χ2n) is 7.64. The van der Waals surface area contributed by atoms with E-state index in [9.17, 15) is 17.6 Å². The van der Waals surface area contributed by atoms with Crippen LogP contribution in [0.3, 0.4) is 0 Å². The van der Waals surface area contributed by atoms with Crippen LogP contribution < -0.4 is 9.64 Å². The van der Waals surface area contributed by atoms with Crippen molar-refractivity contribution in [2.24, 2.45) is 0 Å². The smallest absolute Gasteiger partial charge is 0.229 e. The Hall–Kier alpha value is -3.08. The third-order valence-corrected chi connectivity index (χ3v) is 8.59. The van der Waals surface area contributed by atoms with Crippen LogP contribution in [-0.4, -0.2) is 37.2 Å². The topological polar surface area (TPSA) is 89.5 Å². The van der Waals surface area contributed by atoms with Gasteiger partial charge in [0.25, 0.3) is 0 Å². The summed E-state index contributed by atoms with van der Waals surface area (Å²) in [6.07, 6.45) is 3.36. The number of amides is 1. The molecule has 0 saturated heterocycles. The number of methoxy groups -OCH3 is 1. The van der Waals surface area contributed by atoms with E-state index in [1.54, 1.807) is 30.6 Å². The minimum Gasteiger partial charge on any atom is -0.494 e. The number of halogens is 2. The third-order valence-electron chi connectivity index (χ3n) is 5.24. The Morgan fingerprint density at radius 2 is 1.94 bits per heavy atom. The normalized spacial score (nSPS) is 11.5. The molecule has 0 unspecified atom stereocenters. The van der Waals surface area contributed by atoms with E-state index in [1.807, 2.05) is 6.07 Å². The number of rotatable bonds is 9. The van der Waals surface area contributed by atoms with Crippen molar-refractivity contribution in [1.29, 1.82) is 0 Å². The number of nitrogens with zero attached hydrogens (tertiary/aromatic N) is 3. The average molecular weight is 534 g/mol. The standard InChI is InChI=1S/C24H21ClFN3O4S2/c1-33-20-11-10-19(25)23-22(20)28-24(34-23)29(15-16-4-2-12-27-14-16)21(30)5-3-13-35(31,32)18-8-6-17(26)7-9-18/h2,4,6-12,14H,3,5,13,15H2,1H3. The molecule has 0 bridgehead atoms. The molecule has 0 atom stereocenters. The molecule has 4 aromatic rings. The Kier molecular flexibility index (Phi) is 7.63. The third kappa shape index (κ3) is 5.77. The van der Waals surface area contributed by atoms with Gasteiger partial charge in [-0.25, -0.2) is 17.8 Å². The Morgan fingerprint density at radius 3 is 2.63 bits per heavy atom. The Labute approximate surface area is 211 Å². The van der Waals surface area contributed by atoms with Crippen molar-refractivity contribution in [3.8, 4) is 5.75 Å². The molecule has 0 radical (unpaired) electrons. The van der Waals surface area contributed by atoms with Gasteiger partial charge in [0.1, 0.15) is 17.1 Å². The molecule has 0 spiro atoms. The first kappa shape index (κ1) is 25.0. The molecule has 0 saturated carbocycles. The molecular formula is C24H21ClFN3O4S2. The minimum atomic E-state index is -3.65. The maximum absolute atomic E-state index is 13.3. The van der Waals surface area contributed by atoms with Gasteiger partial charge in [-0.3, -0.25) is 14.7 Å². The highest BCUT2D eigenvalue weighted by molar-refractivity contribution is 7.91. The first-order valence-electron chi connectivity index (χ1n) is 10.6. The van der Waals surface area contributed by atoms with Crippen molar-refractivity contribution in [2.75, 3.05) is 17.8 Å². The number of carbonyl (C=O) groups is 1. The highest BCUT2D eigenvalue weighted by Gasteiger charge is 2.23. The zero-order chi connectivity index (χ0) is 25.0. The van der Waals surface area contributed by atoms with Gasteiger partial charge in [0.15, 0.2) is 15.0 Å². The predicted octanol–water partition coefficient (Wildman–Crippen LogP) is 5.28. The van der Waals surface area contributed by atoms with Gasteiger partial charge in [0.2, 0.25) is 5.91 Å². The van der Waals surface area contributed by atoms with Crippen LogP contribution in [0.1, 0.15) is 18.4 Å². The summed E-state index contributed by atoms with van der Waals surface area (Å²) in [7, 11) is -2.12. The summed E-state index contributed by atoms with van der Waals surface area (Å²) >= 11 is 7.61. The van der Waals surface area contributed by atoms with Crippen molar-refractivity contribution < 1.29 is 22.3 Å². The first-order chi connectivity index (χ1) is 16.8. The number of benzene rings is 2. The van der Waals surface area contributed by atoms with Crippen molar-refractivity contribution in [2.45, 2.75) is 24.3 Å². The number of carbonyl (C=O) groups excluding carboxylic acids is 1. The fourth-order valence-corrected chi connectivity index (χ4v) is 6.05. The van der Waals surface area contributed by atoms with Gasteiger partial charge in [-0.05, 0) is 54.4 Å². The molecule has 4 rings (SSSR count). The van der Waals surface area contributed by atoms with Crippen LogP contribution in [0, 0.1) is 5.82 Å². The van der Waals surface area contributed by atoms with Crippen molar-refractivity contribution in [3.63, 3.8) is 0 Å². The summed E-state index contributed by atoms with van der Waals surface area (Å²) in [6, 6.07) is 11.7. The molecule has 2 heterocycles. The molecule has 1 amide bonds. The highest BCUT2D eigenvalue weighted by atomic mass is 35.5. The molecule has 182 valence electrons. The van der Waals surface area contributed by atoms with E-state index in [1.165, 1.54) is 35.5 Å². The van der Waals surface area contributed by atoms with Gasteiger partial charge in [-0.2, -0.15) is 0 Å². The van der Waals surface area contributed by atoms with E-state index in [4.69, 9.17) is 16.3 Å². The van der Waals surface area contributed by atoms with Crippen LogP contribution >= 0.6 is 22.9 Å². The van der Waals surface area contributed by atoms with Crippen LogP contribution in [0.25, 0.3) is 10.2 Å². The fraction of sp³-hybridized carbons (Fsp3) is 0.208. The molecule has 2 aromatic heterocycles. The lowest BCUT2D eigenvalue weighted by atomic mass is 10.2. The Morgan fingerprint density at radius 1 is 1.17 bits per heavy atom. The second kappa shape index (κ2) is 10.7. The number of hydrogen-bond donors (Lipinski definition) is 0. The summed E-state index contributed by atoms with van der Waals surface area (Å²) < 4.78 is 44.4. The van der Waals surface area contributed by atoms with E-state index in [0.717, 1.165) is 17.7 Å². The minimum absolute atomic E-state index is 0.0199. The number of aromatic nitrogens is 2. The Bertz CT molecular complexity index is 1450. The van der Waals surface area contributed by atoms with E-state index >= 15 is 0 Å². The molecule has 0 aliphatic carbocycles. The largest absolute Gasteiger partial charge is 0.494 e. The van der Waals surface area contributed by atoms with Gasteiger partial charge >= 0.3 is 0 Å². The van der Waals surface area contributed by atoms with Crippen LogP contribution in [0.4, 0.5) is 9.52 Å². The van der Waals surface area contributed by atoms with E-state index in [2.05, 4.69) is 9.97 Å². The SMILES string of the molecule is COc1ccc(Cl)c2sc(N(Cc3cccnc3)C(=O)CCCS(=O)(=O)c3ccc(F)cc3)nc12. The summed E-state index contributed by atoms with van der Waals surface area (Å²) in [5.74, 6) is -0.522. The number of pyridine rings is 1. The number of ether oxygens (including phenoxy) is 1. The lowest BCUT2D eigenvalue weighted by Gasteiger charge is -2.20. The summed E-state index contributed by atoms with van der Waals surface area (Å²) in [4.78, 5) is 23.5. The molecule has 0 aliphatic rings. The number of fused-ring (bicyclic) bond motifs is 1. The van der Waals surface area contributed by atoms with E-state index in [0.29, 0.717) is 26.1 Å². The summed E-state index contributed by atoms with van der Waals surface area (Å²) in [6.45, 7) is 0.205. The van der Waals surface area contributed by atoms with Crippen LogP contribution in [0.15, 0.2) is 65.8 Å². The van der Waals surface area contributed by atoms with Gasteiger partial charge in [0, 0.05) is 18.8 Å². The molecule has 35 heavy (non-hydrogen) atoms.